The summed E-state index contributed by atoms with van der Waals surface area (Å²) >= 11 is 0. The van der Waals surface area contributed by atoms with Gasteiger partial charge in [-0.3, -0.25) is 4.79 Å². The molecule has 1 aliphatic heterocycles. The number of carboxylic acid groups (broad SMARTS) is 1. The molecule has 0 spiro atoms. The Morgan fingerprint density at radius 3 is 2.70 bits per heavy atom. The van der Waals surface area contributed by atoms with Gasteiger partial charge in [-0.2, -0.15) is 9.57 Å². The van der Waals surface area contributed by atoms with Gasteiger partial charge >= 0.3 is 5.97 Å². The van der Waals surface area contributed by atoms with Crippen LogP contribution in [0.4, 0.5) is 0 Å². The number of hydrogen-bond donors (Lipinski definition) is 2. The summed E-state index contributed by atoms with van der Waals surface area (Å²) in [7, 11) is -4.07. The van der Waals surface area contributed by atoms with Gasteiger partial charge in [-0.15, -0.1) is 0 Å². The number of aromatic nitrogens is 1. The minimum Gasteiger partial charge on any atom is -0.480 e. The van der Waals surface area contributed by atoms with Crippen molar-refractivity contribution in [1.29, 1.82) is 5.26 Å². The topological polar surface area (TPSA) is 132 Å². The lowest BCUT2D eigenvalue weighted by molar-refractivity contribution is -0.140. The zero-order valence-corrected chi connectivity index (χ0v) is 11.0. The molecule has 1 aromatic rings. The molecule has 0 aliphatic carbocycles. The molecular weight excluding hydrogens is 286 g/mol. The highest BCUT2D eigenvalue weighted by molar-refractivity contribution is 7.89. The predicted molar refractivity (Wildman–Crippen MR) is 64.9 cm³/mol. The highest BCUT2D eigenvalue weighted by Crippen LogP contribution is 2.26. The summed E-state index contributed by atoms with van der Waals surface area (Å²) in [6.45, 7) is -0.278. The van der Waals surface area contributed by atoms with Crippen molar-refractivity contribution in [3.8, 4) is 6.07 Å². The summed E-state index contributed by atoms with van der Waals surface area (Å²) in [6, 6.07) is 2.87. The number of sulfonamides is 1. The molecule has 1 aliphatic rings. The molecule has 2 N–H and O–H groups in total. The first-order valence-corrected chi connectivity index (χ1v) is 7.09. The van der Waals surface area contributed by atoms with Crippen molar-refractivity contribution in [2.75, 3.05) is 6.54 Å². The molecule has 0 saturated carbocycles. The van der Waals surface area contributed by atoms with E-state index in [4.69, 9.17) is 10.4 Å². The first kappa shape index (κ1) is 14.4. The Hall–Kier alpha value is -2.02. The summed E-state index contributed by atoms with van der Waals surface area (Å²) in [5, 5.41) is 27.1. The molecule has 2 atom stereocenters. The minimum atomic E-state index is -4.07. The molecule has 1 unspecified atom stereocenters. The van der Waals surface area contributed by atoms with Crippen LogP contribution in [0.25, 0.3) is 0 Å². The van der Waals surface area contributed by atoms with E-state index in [9.17, 15) is 18.3 Å². The summed E-state index contributed by atoms with van der Waals surface area (Å²) in [6.07, 6.45) is -0.173. The normalized spacial score (nSPS) is 23.4. The lowest BCUT2D eigenvalue weighted by Crippen LogP contribution is -2.40. The van der Waals surface area contributed by atoms with E-state index in [0.717, 1.165) is 10.5 Å². The van der Waals surface area contributed by atoms with Gasteiger partial charge in [-0.25, -0.2) is 13.4 Å². The van der Waals surface area contributed by atoms with E-state index in [0.29, 0.717) is 0 Å². The molecule has 1 aromatic heterocycles. The fourth-order valence-corrected chi connectivity index (χ4v) is 3.59. The lowest BCUT2D eigenvalue weighted by Gasteiger charge is -2.20. The maximum atomic E-state index is 12.3. The first-order valence-electron chi connectivity index (χ1n) is 5.65. The minimum absolute atomic E-state index is 0.0557. The van der Waals surface area contributed by atoms with Crippen LogP contribution in [0.1, 0.15) is 12.1 Å². The summed E-state index contributed by atoms with van der Waals surface area (Å²) in [5.74, 6) is -1.31. The van der Waals surface area contributed by atoms with Gasteiger partial charge in [0.15, 0.2) is 0 Å². The molecule has 20 heavy (non-hydrogen) atoms. The van der Waals surface area contributed by atoms with E-state index in [2.05, 4.69) is 4.98 Å². The fourth-order valence-electron chi connectivity index (χ4n) is 2.01. The SMILES string of the molecule is N#Cc1ccc(S(=O)(=O)N2CC(O)C[C@H]2C(=O)O)cn1. The quantitative estimate of drug-likeness (QED) is 0.743. The Bertz CT molecular complexity index is 664. The van der Waals surface area contributed by atoms with E-state index in [1.807, 2.05) is 0 Å². The van der Waals surface area contributed by atoms with Crippen molar-refractivity contribution in [2.24, 2.45) is 0 Å². The van der Waals surface area contributed by atoms with Gasteiger partial charge in [-0.1, -0.05) is 0 Å². The highest BCUT2D eigenvalue weighted by atomic mass is 32.2. The monoisotopic (exact) mass is 297 g/mol. The van der Waals surface area contributed by atoms with Crippen LogP contribution in [0, 0.1) is 11.3 Å². The molecule has 0 bridgehead atoms. The maximum absolute atomic E-state index is 12.3. The Kier molecular flexibility index (Phi) is 3.71. The van der Waals surface area contributed by atoms with E-state index in [1.54, 1.807) is 6.07 Å². The van der Waals surface area contributed by atoms with E-state index >= 15 is 0 Å². The zero-order valence-electron chi connectivity index (χ0n) is 10.2. The van der Waals surface area contributed by atoms with Crippen molar-refractivity contribution in [1.82, 2.24) is 9.29 Å². The zero-order chi connectivity index (χ0) is 14.9. The fraction of sp³-hybridized carbons (Fsp3) is 0.364. The number of nitrogens with zero attached hydrogens (tertiary/aromatic N) is 3. The van der Waals surface area contributed by atoms with Gasteiger partial charge in [0, 0.05) is 19.2 Å². The van der Waals surface area contributed by atoms with Gasteiger partial charge in [0.25, 0.3) is 0 Å². The molecular formula is C11H11N3O5S. The molecule has 0 radical (unpaired) electrons. The number of hydrogen-bond acceptors (Lipinski definition) is 6. The molecule has 0 amide bonds. The van der Waals surface area contributed by atoms with Gasteiger partial charge in [0.05, 0.1) is 6.10 Å². The molecule has 0 aromatic carbocycles. The number of carboxylic acids is 1. The second-order valence-corrected chi connectivity index (χ2v) is 6.20. The number of rotatable bonds is 3. The van der Waals surface area contributed by atoms with E-state index in [-0.39, 0.29) is 23.6 Å². The smallest absolute Gasteiger partial charge is 0.322 e. The summed E-state index contributed by atoms with van der Waals surface area (Å²) in [4.78, 5) is 14.5. The number of nitriles is 1. The number of aliphatic hydroxyl groups is 1. The summed E-state index contributed by atoms with van der Waals surface area (Å²) < 4.78 is 25.4. The Morgan fingerprint density at radius 1 is 1.50 bits per heavy atom. The van der Waals surface area contributed by atoms with Crippen LogP contribution in [-0.4, -0.2) is 52.6 Å². The van der Waals surface area contributed by atoms with Gasteiger partial charge in [-0.05, 0) is 12.1 Å². The molecule has 9 heteroatoms. The van der Waals surface area contributed by atoms with E-state index in [1.165, 1.54) is 12.1 Å². The number of pyridine rings is 1. The van der Waals surface area contributed by atoms with Crippen molar-refractivity contribution >= 4 is 16.0 Å². The third-order valence-electron chi connectivity index (χ3n) is 2.98. The Morgan fingerprint density at radius 2 is 2.20 bits per heavy atom. The van der Waals surface area contributed by atoms with Crippen LogP contribution in [-0.2, 0) is 14.8 Å². The van der Waals surface area contributed by atoms with Gasteiger partial charge < -0.3 is 10.2 Å². The van der Waals surface area contributed by atoms with Crippen molar-refractivity contribution < 1.29 is 23.4 Å². The van der Waals surface area contributed by atoms with E-state index < -0.39 is 28.1 Å². The highest BCUT2D eigenvalue weighted by Gasteiger charge is 2.43. The van der Waals surface area contributed by atoms with Crippen LogP contribution in [0.15, 0.2) is 23.2 Å². The number of β-amino-alcohol motifs (C(OH)–C–C–N with tert-alkyl or cyclic N) is 1. The number of carbonyl (C=O) groups is 1. The van der Waals surface area contributed by atoms with Gasteiger partial charge in [0.1, 0.15) is 22.7 Å². The molecule has 8 nitrogen and oxygen atoms in total. The average Bonchev–Trinajstić information content (AvgIpc) is 2.82. The molecule has 1 fully saturated rings. The Labute approximate surface area is 114 Å². The van der Waals surface area contributed by atoms with Crippen molar-refractivity contribution in [3.63, 3.8) is 0 Å². The van der Waals surface area contributed by atoms with Crippen molar-refractivity contribution in [3.05, 3.63) is 24.0 Å². The molecule has 2 rings (SSSR count). The molecule has 1 saturated heterocycles. The molecule has 2 heterocycles. The first-order chi connectivity index (χ1) is 9.36. The second-order valence-electron chi connectivity index (χ2n) is 4.31. The van der Waals surface area contributed by atoms with Crippen LogP contribution in [0.3, 0.4) is 0 Å². The summed E-state index contributed by atoms with van der Waals surface area (Å²) in [5.41, 5.74) is 0.0557. The van der Waals surface area contributed by atoms with Crippen LogP contribution >= 0.6 is 0 Å². The maximum Gasteiger partial charge on any atom is 0.322 e. The largest absolute Gasteiger partial charge is 0.480 e. The standard InChI is InChI=1S/C11H11N3O5S/c12-4-7-1-2-9(5-13-7)20(18,19)14-6-8(15)3-10(14)11(16)17/h1-2,5,8,10,15H,3,6H2,(H,16,17)/t8?,10-/m0/s1. The lowest BCUT2D eigenvalue weighted by atomic mass is 10.2. The number of aliphatic hydroxyl groups excluding tert-OH is 1. The van der Waals surface area contributed by atoms with Crippen LogP contribution in [0.2, 0.25) is 0 Å². The van der Waals surface area contributed by atoms with Crippen LogP contribution in [0.5, 0.6) is 0 Å². The third-order valence-corrected chi connectivity index (χ3v) is 4.83. The number of aliphatic carboxylic acids is 1. The van der Waals surface area contributed by atoms with Crippen molar-refractivity contribution in [2.45, 2.75) is 23.5 Å². The predicted octanol–water partition coefficient (Wildman–Crippen LogP) is -0.838. The van der Waals surface area contributed by atoms with Gasteiger partial charge in [0.2, 0.25) is 10.0 Å². The third kappa shape index (κ3) is 2.49. The molecule has 106 valence electrons. The van der Waals surface area contributed by atoms with Crippen LogP contribution < -0.4 is 0 Å². The second kappa shape index (κ2) is 5.16. The average molecular weight is 297 g/mol. The Balaban J connectivity index is 2.38.